The van der Waals surface area contributed by atoms with E-state index < -0.39 is 0 Å². The van der Waals surface area contributed by atoms with E-state index in [1.54, 1.807) is 24.5 Å². The smallest absolute Gasteiger partial charge is 0.320 e. The lowest BCUT2D eigenvalue weighted by molar-refractivity contribution is 0.283. The summed E-state index contributed by atoms with van der Waals surface area (Å²) >= 11 is 1.63. The molecular formula is C21H24N6O2S. The van der Waals surface area contributed by atoms with Crippen LogP contribution in [0.2, 0.25) is 0 Å². The van der Waals surface area contributed by atoms with E-state index in [2.05, 4.69) is 37.4 Å². The lowest BCUT2D eigenvalue weighted by Gasteiger charge is -2.34. The molecule has 0 unspecified atom stereocenters. The van der Waals surface area contributed by atoms with Gasteiger partial charge in [0.25, 0.3) is 0 Å². The maximum absolute atomic E-state index is 5.31. The molecule has 0 amide bonds. The summed E-state index contributed by atoms with van der Waals surface area (Å²) in [6.45, 7) is 8.43. The second-order valence-electron chi connectivity index (χ2n) is 6.77. The summed E-state index contributed by atoms with van der Waals surface area (Å²) in [6, 6.07) is 6.08. The fourth-order valence-electron chi connectivity index (χ4n) is 3.36. The zero-order valence-electron chi connectivity index (χ0n) is 17.1. The molecule has 3 aromatic rings. The Morgan fingerprint density at radius 3 is 2.63 bits per heavy atom. The minimum atomic E-state index is 0.240. The molecule has 0 aromatic carbocycles. The van der Waals surface area contributed by atoms with E-state index in [4.69, 9.17) is 14.5 Å². The van der Waals surface area contributed by atoms with Crippen LogP contribution in [0.3, 0.4) is 0 Å². The Morgan fingerprint density at radius 2 is 1.97 bits per heavy atom. The summed E-state index contributed by atoms with van der Waals surface area (Å²) in [5.41, 5.74) is 2.31. The maximum Gasteiger partial charge on any atom is 0.320 e. The Hall–Kier alpha value is -3.04. The van der Waals surface area contributed by atoms with Crippen molar-refractivity contribution >= 4 is 17.3 Å². The van der Waals surface area contributed by atoms with Gasteiger partial charge in [-0.1, -0.05) is 12.1 Å². The minimum absolute atomic E-state index is 0.240. The monoisotopic (exact) mass is 424 g/mol. The SMILES string of the molecule is C=CCN1CCN(c2ncc(-c3cc(OC)nc(OC)n3)c(-c3cccs3)n2)CC1. The normalized spacial score (nSPS) is 14.5. The van der Waals surface area contributed by atoms with Gasteiger partial charge >= 0.3 is 6.01 Å². The Balaban J connectivity index is 1.72. The van der Waals surface area contributed by atoms with Crippen LogP contribution in [0.5, 0.6) is 11.9 Å². The van der Waals surface area contributed by atoms with Crippen LogP contribution < -0.4 is 14.4 Å². The molecule has 0 saturated carbocycles. The Kier molecular flexibility index (Phi) is 6.20. The van der Waals surface area contributed by atoms with Gasteiger partial charge in [-0.3, -0.25) is 4.90 Å². The predicted octanol–water partition coefficient (Wildman–Crippen LogP) is 2.99. The Labute approximate surface area is 179 Å². The van der Waals surface area contributed by atoms with E-state index in [1.165, 1.54) is 7.11 Å². The fraction of sp³-hybridized carbons (Fsp3) is 0.333. The topological polar surface area (TPSA) is 76.5 Å². The highest BCUT2D eigenvalue weighted by Crippen LogP contribution is 2.34. The summed E-state index contributed by atoms with van der Waals surface area (Å²) in [5.74, 6) is 1.16. The highest BCUT2D eigenvalue weighted by Gasteiger charge is 2.21. The molecular weight excluding hydrogens is 400 g/mol. The van der Waals surface area contributed by atoms with Gasteiger partial charge in [0, 0.05) is 50.6 Å². The van der Waals surface area contributed by atoms with Crippen molar-refractivity contribution in [3.8, 4) is 33.7 Å². The molecule has 4 heterocycles. The van der Waals surface area contributed by atoms with E-state index in [0.717, 1.165) is 54.8 Å². The zero-order valence-corrected chi connectivity index (χ0v) is 17.9. The van der Waals surface area contributed by atoms with Crippen LogP contribution in [0.25, 0.3) is 21.8 Å². The van der Waals surface area contributed by atoms with Crippen LogP contribution >= 0.6 is 11.3 Å². The minimum Gasteiger partial charge on any atom is -0.481 e. The summed E-state index contributed by atoms with van der Waals surface area (Å²) in [5, 5.41) is 2.04. The van der Waals surface area contributed by atoms with Crippen molar-refractivity contribution in [1.29, 1.82) is 0 Å². The first kappa shape index (κ1) is 20.2. The average Bonchev–Trinajstić information content (AvgIpc) is 3.34. The number of hydrogen-bond acceptors (Lipinski definition) is 9. The van der Waals surface area contributed by atoms with Crippen LogP contribution in [0.4, 0.5) is 5.95 Å². The van der Waals surface area contributed by atoms with Crippen LogP contribution in [0, 0.1) is 0 Å². The van der Waals surface area contributed by atoms with Crippen molar-refractivity contribution in [2.24, 2.45) is 0 Å². The quantitative estimate of drug-likeness (QED) is 0.536. The molecule has 9 heteroatoms. The van der Waals surface area contributed by atoms with Gasteiger partial charge in [-0.25, -0.2) is 9.97 Å². The summed E-state index contributed by atoms with van der Waals surface area (Å²) in [4.78, 5) is 23.9. The molecule has 0 atom stereocenters. The number of piperazine rings is 1. The number of thiophene rings is 1. The molecule has 0 radical (unpaired) electrons. The van der Waals surface area contributed by atoms with Gasteiger partial charge in [0.05, 0.1) is 30.5 Å². The van der Waals surface area contributed by atoms with Crippen LogP contribution in [0.1, 0.15) is 0 Å². The number of methoxy groups -OCH3 is 2. The Bertz CT molecular complexity index is 980. The third kappa shape index (κ3) is 4.27. The highest BCUT2D eigenvalue weighted by atomic mass is 32.1. The van der Waals surface area contributed by atoms with Crippen molar-refractivity contribution in [1.82, 2.24) is 24.8 Å². The maximum atomic E-state index is 5.31. The van der Waals surface area contributed by atoms with Crippen molar-refractivity contribution in [2.45, 2.75) is 0 Å². The molecule has 1 aliphatic heterocycles. The lowest BCUT2D eigenvalue weighted by Crippen LogP contribution is -2.46. The molecule has 4 rings (SSSR count). The molecule has 1 aliphatic rings. The molecule has 1 saturated heterocycles. The highest BCUT2D eigenvalue weighted by molar-refractivity contribution is 7.13. The number of aromatic nitrogens is 4. The molecule has 0 bridgehead atoms. The summed E-state index contributed by atoms with van der Waals surface area (Å²) in [6.07, 6.45) is 3.77. The lowest BCUT2D eigenvalue weighted by atomic mass is 10.1. The van der Waals surface area contributed by atoms with Gasteiger partial charge < -0.3 is 14.4 Å². The first-order chi connectivity index (χ1) is 14.7. The van der Waals surface area contributed by atoms with Gasteiger partial charge in [0.15, 0.2) is 0 Å². The second kappa shape index (κ2) is 9.19. The molecule has 1 fully saturated rings. The van der Waals surface area contributed by atoms with Crippen molar-refractivity contribution < 1.29 is 9.47 Å². The zero-order chi connectivity index (χ0) is 20.9. The third-order valence-electron chi connectivity index (χ3n) is 4.92. The molecule has 0 spiro atoms. The van der Waals surface area contributed by atoms with E-state index in [9.17, 15) is 0 Å². The number of nitrogens with zero attached hydrogens (tertiary/aromatic N) is 6. The third-order valence-corrected chi connectivity index (χ3v) is 5.80. The first-order valence-electron chi connectivity index (χ1n) is 9.68. The van der Waals surface area contributed by atoms with Gasteiger partial charge in [-0.15, -0.1) is 17.9 Å². The summed E-state index contributed by atoms with van der Waals surface area (Å²) < 4.78 is 10.5. The van der Waals surface area contributed by atoms with Gasteiger partial charge in [0.1, 0.15) is 0 Å². The predicted molar refractivity (Wildman–Crippen MR) is 118 cm³/mol. The van der Waals surface area contributed by atoms with Gasteiger partial charge in [-0.05, 0) is 11.4 Å². The molecule has 30 heavy (non-hydrogen) atoms. The average molecular weight is 425 g/mol. The first-order valence-corrected chi connectivity index (χ1v) is 10.6. The molecule has 0 aliphatic carbocycles. The molecule has 0 N–H and O–H groups in total. The summed E-state index contributed by atoms with van der Waals surface area (Å²) in [7, 11) is 3.10. The van der Waals surface area contributed by atoms with E-state index >= 15 is 0 Å². The number of anilines is 1. The van der Waals surface area contributed by atoms with Gasteiger partial charge in [-0.2, -0.15) is 9.97 Å². The fourth-order valence-corrected chi connectivity index (χ4v) is 4.09. The largest absolute Gasteiger partial charge is 0.481 e. The Morgan fingerprint density at radius 1 is 1.13 bits per heavy atom. The number of rotatable bonds is 7. The number of ether oxygens (including phenoxy) is 2. The standard InChI is InChI=1S/C21H24N6O2S/c1-4-7-26-8-10-27(11-9-26)20-22-14-15(19(25-20)17-6-5-12-30-17)16-13-18(28-2)24-21(23-16)29-3/h4-6,12-14H,1,7-11H2,2-3H3. The van der Waals surface area contributed by atoms with Crippen molar-refractivity contribution in [2.75, 3.05) is 51.8 Å². The number of hydrogen-bond donors (Lipinski definition) is 0. The van der Waals surface area contributed by atoms with Crippen LogP contribution in [-0.2, 0) is 0 Å². The van der Waals surface area contributed by atoms with Gasteiger partial charge in [0.2, 0.25) is 11.8 Å². The van der Waals surface area contributed by atoms with Crippen LogP contribution in [0.15, 0.2) is 42.4 Å². The van der Waals surface area contributed by atoms with Crippen molar-refractivity contribution in [3.63, 3.8) is 0 Å². The van der Waals surface area contributed by atoms with Crippen LogP contribution in [-0.4, -0.2) is 71.8 Å². The second-order valence-corrected chi connectivity index (χ2v) is 7.72. The molecule has 8 nitrogen and oxygen atoms in total. The molecule has 156 valence electrons. The van der Waals surface area contributed by atoms with E-state index in [-0.39, 0.29) is 6.01 Å². The van der Waals surface area contributed by atoms with E-state index in [0.29, 0.717) is 11.6 Å². The van der Waals surface area contributed by atoms with E-state index in [1.807, 2.05) is 23.7 Å². The molecule has 3 aromatic heterocycles. The van der Waals surface area contributed by atoms with Crippen molar-refractivity contribution in [3.05, 3.63) is 42.4 Å².